The number of rotatable bonds is 1. The summed E-state index contributed by atoms with van der Waals surface area (Å²) in [4.78, 5) is 4.48. The van der Waals surface area contributed by atoms with Crippen molar-refractivity contribution >= 4 is 28.9 Å². The van der Waals surface area contributed by atoms with Gasteiger partial charge in [-0.3, -0.25) is 0 Å². The van der Waals surface area contributed by atoms with Crippen LogP contribution in [0.15, 0.2) is 71.9 Å². The number of nitrogens with zero attached hydrogens (tertiary/aromatic N) is 2. The van der Waals surface area contributed by atoms with Crippen molar-refractivity contribution in [2.75, 3.05) is 5.43 Å². The van der Waals surface area contributed by atoms with E-state index < -0.39 is 0 Å². The minimum atomic E-state index is 0.950. The highest BCUT2D eigenvalue weighted by molar-refractivity contribution is 5.89. The number of nitrogens with one attached hydrogen (secondary N) is 1. The minimum Gasteiger partial charge on any atom is -0.226 e. The van der Waals surface area contributed by atoms with E-state index in [4.69, 9.17) is 0 Å². The lowest BCUT2D eigenvalue weighted by Crippen LogP contribution is -2.49. The van der Waals surface area contributed by atoms with Gasteiger partial charge in [0.2, 0.25) is 6.20 Å². The normalized spacial score (nSPS) is 15.0. The third kappa shape index (κ3) is 2.19. The molecule has 21 heavy (non-hydrogen) atoms. The Labute approximate surface area is 122 Å². The molecule has 0 bridgehead atoms. The molecule has 3 aromatic rings. The van der Waals surface area contributed by atoms with Crippen molar-refractivity contribution in [3.63, 3.8) is 0 Å². The van der Waals surface area contributed by atoms with Crippen LogP contribution in [-0.4, -0.2) is 6.34 Å². The summed E-state index contributed by atoms with van der Waals surface area (Å²) in [7, 11) is 0. The largest absolute Gasteiger partial charge is 0.261 e. The molecule has 0 spiro atoms. The first kappa shape index (κ1) is 11.9. The van der Waals surface area contributed by atoms with Crippen LogP contribution in [0.25, 0.3) is 22.5 Å². The van der Waals surface area contributed by atoms with Gasteiger partial charge < -0.3 is 0 Å². The summed E-state index contributed by atoms with van der Waals surface area (Å²) in [5.74, 6) is 0. The van der Waals surface area contributed by atoms with Gasteiger partial charge in [0.05, 0.1) is 0 Å². The Hall–Kier alpha value is -2.94. The Bertz CT molecular complexity index is 864. The van der Waals surface area contributed by atoms with Gasteiger partial charge in [0, 0.05) is 11.5 Å². The SMILES string of the molecule is C1=N/C(=C/c2ccccc2)c2cc3ccccc3c[n+]2N1. The maximum Gasteiger partial charge on any atom is 0.261 e. The average Bonchev–Trinajstić information content (AvgIpc) is 2.54. The number of aliphatic imine (C=N–C) groups is 1. The van der Waals surface area contributed by atoms with Crippen molar-refractivity contribution in [2.24, 2.45) is 4.99 Å². The molecule has 1 aromatic heterocycles. The second-order valence-electron chi connectivity index (χ2n) is 4.99. The third-order valence-electron chi connectivity index (χ3n) is 3.58. The summed E-state index contributed by atoms with van der Waals surface area (Å²) >= 11 is 0. The molecule has 2 heterocycles. The maximum atomic E-state index is 4.48. The summed E-state index contributed by atoms with van der Waals surface area (Å²) in [6.07, 6.45) is 5.91. The minimum absolute atomic E-state index is 0.950. The predicted molar refractivity (Wildman–Crippen MR) is 86.3 cm³/mol. The lowest BCUT2D eigenvalue weighted by atomic mass is 10.1. The zero-order chi connectivity index (χ0) is 14.1. The van der Waals surface area contributed by atoms with E-state index in [0.717, 1.165) is 17.0 Å². The van der Waals surface area contributed by atoms with Crippen molar-refractivity contribution in [3.8, 4) is 0 Å². The zero-order valence-electron chi connectivity index (χ0n) is 11.4. The van der Waals surface area contributed by atoms with Gasteiger partial charge in [-0.15, -0.1) is 5.43 Å². The number of pyridine rings is 1. The van der Waals surface area contributed by atoms with E-state index in [2.05, 4.69) is 59.1 Å². The standard InChI is InChI=1S/C18H14N3/c1-2-6-14(7-3-1)10-17-18-11-15-8-4-5-9-16(15)12-21(18)20-13-19-17/h1-13H,(H,19,20)/q+1/b17-10+. The van der Waals surface area contributed by atoms with Gasteiger partial charge in [-0.25, -0.2) is 4.99 Å². The van der Waals surface area contributed by atoms with E-state index in [9.17, 15) is 0 Å². The summed E-state index contributed by atoms with van der Waals surface area (Å²) < 4.78 is 2.00. The van der Waals surface area contributed by atoms with Crippen LogP contribution < -0.4 is 10.1 Å². The molecular weight excluding hydrogens is 258 g/mol. The van der Waals surface area contributed by atoms with E-state index in [0.29, 0.717) is 0 Å². The van der Waals surface area contributed by atoms with Gasteiger partial charge in [-0.05, 0) is 23.1 Å². The molecule has 0 amide bonds. The summed E-state index contributed by atoms with van der Waals surface area (Å²) in [6, 6.07) is 20.7. The van der Waals surface area contributed by atoms with Crippen LogP contribution >= 0.6 is 0 Å². The van der Waals surface area contributed by atoms with Gasteiger partial charge >= 0.3 is 0 Å². The van der Waals surface area contributed by atoms with E-state index >= 15 is 0 Å². The van der Waals surface area contributed by atoms with Crippen molar-refractivity contribution < 1.29 is 4.68 Å². The molecule has 0 unspecified atom stereocenters. The van der Waals surface area contributed by atoms with Crippen molar-refractivity contribution in [1.82, 2.24) is 0 Å². The summed E-state index contributed by atoms with van der Waals surface area (Å²) in [5, 5.41) is 2.41. The van der Waals surface area contributed by atoms with Crippen LogP contribution in [0.2, 0.25) is 0 Å². The molecule has 2 aromatic carbocycles. The molecule has 0 atom stereocenters. The highest BCUT2D eigenvalue weighted by Crippen LogP contribution is 2.21. The quantitative estimate of drug-likeness (QED) is 0.677. The van der Waals surface area contributed by atoms with Crippen LogP contribution in [-0.2, 0) is 0 Å². The van der Waals surface area contributed by atoms with E-state index in [1.165, 1.54) is 10.8 Å². The van der Waals surface area contributed by atoms with Crippen LogP contribution in [0, 0.1) is 0 Å². The van der Waals surface area contributed by atoms with Crippen molar-refractivity contribution in [3.05, 3.63) is 78.1 Å². The predicted octanol–water partition coefficient (Wildman–Crippen LogP) is 3.21. The second-order valence-corrected chi connectivity index (χ2v) is 4.99. The fourth-order valence-corrected chi connectivity index (χ4v) is 2.53. The molecule has 4 rings (SSSR count). The van der Waals surface area contributed by atoms with Crippen LogP contribution in [0.4, 0.5) is 0 Å². The smallest absolute Gasteiger partial charge is 0.226 e. The average molecular weight is 272 g/mol. The maximum absolute atomic E-state index is 4.48. The molecule has 0 fully saturated rings. The molecular formula is C18H14N3+. The second kappa shape index (κ2) is 4.87. The summed E-state index contributed by atoms with van der Waals surface area (Å²) in [6.45, 7) is 0. The Morgan fingerprint density at radius 3 is 2.52 bits per heavy atom. The van der Waals surface area contributed by atoms with Crippen molar-refractivity contribution in [1.29, 1.82) is 0 Å². The molecule has 0 saturated carbocycles. The van der Waals surface area contributed by atoms with Crippen LogP contribution in [0.1, 0.15) is 11.3 Å². The Balaban J connectivity index is 1.89. The highest BCUT2D eigenvalue weighted by atomic mass is 15.4. The van der Waals surface area contributed by atoms with Gasteiger partial charge in [0.25, 0.3) is 5.69 Å². The van der Waals surface area contributed by atoms with Gasteiger partial charge in [0.1, 0.15) is 12.0 Å². The molecule has 0 aliphatic carbocycles. The Kier molecular flexibility index (Phi) is 2.75. The van der Waals surface area contributed by atoms with E-state index in [1.807, 2.05) is 28.9 Å². The van der Waals surface area contributed by atoms with E-state index in [1.54, 1.807) is 6.34 Å². The molecule has 0 saturated heterocycles. The molecule has 0 radical (unpaired) electrons. The van der Waals surface area contributed by atoms with Gasteiger partial charge in [-0.1, -0.05) is 53.2 Å². The number of aromatic nitrogens is 1. The fourth-order valence-electron chi connectivity index (χ4n) is 2.53. The molecule has 1 aliphatic rings. The molecule has 3 heteroatoms. The fraction of sp³-hybridized carbons (Fsp3) is 0. The van der Waals surface area contributed by atoms with Crippen LogP contribution in [0.5, 0.6) is 0 Å². The Morgan fingerprint density at radius 2 is 1.67 bits per heavy atom. The number of benzene rings is 2. The monoisotopic (exact) mass is 272 g/mol. The highest BCUT2D eigenvalue weighted by Gasteiger charge is 2.20. The number of fused-ring (bicyclic) bond motifs is 2. The first-order chi connectivity index (χ1) is 10.4. The molecule has 1 aliphatic heterocycles. The topological polar surface area (TPSA) is 28.3 Å². The molecule has 100 valence electrons. The lowest BCUT2D eigenvalue weighted by Gasteiger charge is -2.09. The molecule has 3 nitrogen and oxygen atoms in total. The first-order valence-electron chi connectivity index (χ1n) is 6.91. The van der Waals surface area contributed by atoms with Crippen molar-refractivity contribution in [2.45, 2.75) is 0 Å². The summed E-state index contributed by atoms with van der Waals surface area (Å²) in [5.41, 5.74) is 6.30. The molecule has 1 N–H and O–H groups in total. The van der Waals surface area contributed by atoms with E-state index in [-0.39, 0.29) is 0 Å². The zero-order valence-corrected chi connectivity index (χ0v) is 11.4. The lowest BCUT2D eigenvalue weighted by molar-refractivity contribution is -0.641. The number of hydrogen-bond acceptors (Lipinski definition) is 2. The number of hydrogen-bond donors (Lipinski definition) is 1. The van der Waals surface area contributed by atoms with Gasteiger partial charge in [-0.2, -0.15) is 0 Å². The van der Waals surface area contributed by atoms with Gasteiger partial charge in [0.15, 0.2) is 0 Å². The Morgan fingerprint density at radius 1 is 0.905 bits per heavy atom. The third-order valence-corrected chi connectivity index (χ3v) is 3.58. The van der Waals surface area contributed by atoms with Crippen LogP contribution in [0.3, 0.4) is 0 Å². The first-order valence-corrected chi connectivity index (χ1v) is 6.91.